The minimum atomic E-state index is 0.0941. The van der Waals surface area contributed by atoms with E-state index in [-0.39, 0.29) is 5.78 Å². The van der Waals surface area contributed by atoms with Gasteiger partial charge in [0.25, 0.3) is 0 Å². The van der Waals surface area contributed by atoms with E-state index in [0.29, 0.717) is 23.3 Å². The van der Waals surface area contributed by atoms with E-state index in [1.165, 1.54) is 0 Å². The normalized spacial score (nSPS) is 10.8. The molecule has 0 saturated carbocycles. The number of carbonyl (C=O) groups excluding carboxylic acids is 1. The van der Waals surface area contributed by atoms with Gasteiger partial charge in [0, 0.05) is 12.0 Å². The first-order valence-corrected chi connectivity index (χ1v) is 6.40. The van der Waals surface area contributed by atoms with E-state index in [1.807, 2.05) is 42.5 Å². The van der Waals surface area contributed by atoms with Gasteiger partial charge in [-0.2, -0.15) is 4.73 Å². The van der Waals surface area contributed by atoms with Crippen LogP contribution in [0.4, 0.5) is 0 Å². The molecule has 4 nitrogen and oxygen atoms in total. The van der Waals surface area contributed by atoms with Crippen molar-refractivity contribution >= 4 is 16.8 Å². The van der Waals surface area contributed by atoms with E-state index >= 15 is 0 Å². The van der Waals surface area contributed by atoms with Crippen molar-refractivity contribution in [2.75, 3.05) is 0 Å². The molecule has 0 saturated heterocycles. The van der Waals surface area contributed by atoms with Crippen LogP contribution in [0.15, 0.2) is 48.5 Å². The molecule has 1 aromatic heterocycles. The van der Waals surface area contributed by atoms with E-state index in [9.17, 15) is 10.0 Å². The topological polar surface area (TPSA) is 55.1 Å². The summed E-state index contributed by atoms with van der Waals surface area (Å²) in [4.78, 5) is 15.6. The van der Waals surface area contributed by atoms with Gasteiger partial charge in [0.15, 0.2) is 5.82 Å². The molecule has 0 aliphatic carbocycles. The van der Waals surface area contributed by atoms with E-state index in [4.69, 9.17) is 0 Å². The predicted molar refractivity (Wildman–Crippen MR) is 76.7 cm³/mol. The van der Waals surface area contributed by atoms with Crippen LogP contribution >= 0.6 is 0 Å². The summed E-state index contributed by atoms with van der Waals surface area (Å²) < 4.78 is 1.08. The third-order valence-corrected chi connectivity index (χ3v) is 3.18. The van der Waals surface area contributed by atoms with E-state index in [0.717, 1.165) is 15.9 Å². The molecule has 0 bridgehead atoms. The summed E-state index contributed by atoms with van der Waals surface area (Å²) in [6.45, 7) is 1.55. The average molecular weight is 266 g/mol. The monoisotopic (exact) mass is 266 g/mol. The third-order valence-electron chi connectivity index (χ3n) is 3.18. The van der Waals surface area contributed by atoms with E-state index in [2.05, 4.69) is 4.98 Å². The van der Waals surface area contributed by atoms with Gasteiger partial charge in [-0.15, -0.1) is 0 Å². The lowest BCUT2D eigenvalue weighted by atomic mass is 10.1. The van der Waals surface area contributed by atoms with Gasteiger partial charge in [0.1, 0.15) is 11.3 Å². The largest absolute Gasteiger partial charge is 0.426 e. The molecule has 1 heterocycles. The lowest BCUT2D eigenvalue weighted by Crippen LogP contribution is -1.97. The number of nitrogens with zero attached hydrogens (tertiary/aromatic N) is 2. The van der Waals surface area contributed by atoms with Gasteiger partial charge in [-0.1, -0.05) is 36.4 Å². The van der Waals surface area contributed by atoms with Gasteiger partial charge < -0.3 is 5.21 Å². The SMILES string of the molecule is CC(=O)Cc1ccc2nc(-c3ccccc3)n(O)c2c1. The molecule has 0 unspecified atom stereocenters. The Labute approximate surface area is 116 Å². The molecule has 20 heavy (non-hydrogen) atoms. The van der Waals surface area contributed by atoms with Crippen LogP contribution in [0.2, 0.25) is 0 Å². The van der Waals surface area contributed by atoms with Crippen molar-refractivity contribution in [1.82, 2.24) is 9.71 Å². The van der Waals surface area contributed by atoms with Crippen molar-refractivity contribution in [1.29, 1.82) is 0 Å². The summed E-state index contributed by atoms with van der Waals surface area (Å²) in [7, 11) is 0. The molecule has 1 N–H and O–H groups in total. The first kappa shape index (κ1) is 12.4. The van der Waals surface area contributed by atoms with Crippen molar-refractivity contribution in [3.8, 4) is 11.4 Å². The Morgan fingerprint density at radius 1 is 1.20 bits per heavy atom. The minimum absolute atomic E-state index is 0.0941. The fourth-order valence-corrected chi connectivity index (χ4v) is 2.28. The molecule has 3 rings (SSSR count). The maximum atomic E-state index is 11.2. The number of hydrogen-bond donors (Lipinski definition) is 1. The number of imidazole rings is 1. The van der Waals surface area contributed by atoms with Crippen LogP contribution in [0.25, 0.3) is 22.4 Å². The van der Waals surface area contributed by atoms with Gasteiger partial charge in [-0.3, -0.25) is 4.79 Å². The Morgan fingerprint density at radius 2 is 1.95 bits per heavy atom. The highest BCUT2D eigenvalue weighted by Gasteiger charge is 2.12. The molecule has 0 aliphatic heterocycles. The molecule has 0 fully saturated rings. The number of benzene rings is 2. The molecule has 0 atom stereocenters. The molecule has 2 aromatic carbocycles. The molecule has 0 spiro atoms. The lowest BCUT2D eigenvalue weighted by Gasteiger charge is -2.01. The van der Waals surface area contributed by atoms with E-state index in [1.54, 1.807) is 13.0 Å². The first-order valence-electron chi connectivity index (χ1n) is 6.40. The maximum Gasteiger partial charge on any atom is 0.176 e. The Morgan fingerprint density at radius 3 is 2.65 bits per heavy atom. The van der Waals surface area contributed by atoms with Crippen molar-refractivity contribution < 1.29 is 10.0 Å². The molecule has 4 heteroatoms. The molecule has 0 aliphatic rings. The number of hydrogen-bond acceptors (Lipinski definition) is 3. The van der Waals surface area contributed by atoms with Crippen LogP contribution in [0.3, 0.4) is 0 Å². The predicted octanol–water partition coefficient (Wildman–Crippen LogP) is 3.07. The molecule has 100 valence electrons. The number of aromatic nitrogens is 2. The van der Waals surface area contributed by atoms with Crippen LogP contribution in [0.1, 0.15) is 12.5 Å². The summed E-state index contributed by atoms with van der Waals surface area (Å²) in [5.41, 5.74) is 3.04. The zero-order chi connectivity index (χ0) is 14.1. The quantitative estimate of drug-likeness (QED) is 0.741. The van der Waals surface area contributed by atoms with Gasteiger partial charge in [-0.25, -0.2) is 4.98 Å². The minimum Gasteiger partial charge on any atom is -0.426 e. The van der Waals surface area contributed by atoms with E-state index < -0.39 is 0 Å². The van der Waals surface area contributed by atoms with Crippen molar-refractivity contribution in [3.05, 3.63) is 54.1 Å². The Balaban J connectivity index is 2.13. The van der Waals surface area contributed by atoms with Crippen molar-refractivity contribution in [3.63, 3.8) is 0 Å². The molecule has 3 aromatic rings. The maximum absolute atomic E-state index is 11.2. The Hall–Kier alpha value is -2.62. The van der Waals surface area contributed by atoms with Crippen LogP contribution in [-0.4, -0.2) is 20.7 Å². The number of ketones is 1. The second kappa shape index (κ2) is 4.81. The summed E-state index contributed by atoms with van der Waals surface area (Å²) in [6, 6.07) is 15.0. The standard InChI is InChI=1S/C16H14N2O2/c1-11(19)9-12-7-8-14-15(10-12)18(20)16(17-14)13-5-3-2-4-6-13/h2-8,10,20H,9H2,1H3. The summed E-state index contributed by atoms with van der Waals surface area (Å²) in [5.74, 6) is 0.595. The Bertz CT molecular complexity index is 776. The Kier molecular flexibility index (Phi) is 2.99. The lowest BCUT2D eigenvalue weighted by molar-refractivity contribution is -0.116. The van der Waals surface area contributed by atoms with Crippen molar-refractivity contribution in [2.45, 2.75) is 13.3 Å². The fraction of sp³-hybridized carbons (Fsp3) is 0.125. The summed E-state index contributed by atoms with van der Waals surface area (Å²) >= 11 is 0. The van der Waals surface area contributed by atoms with Gasteiger partial charge in [0.05, 0.1) is 5.52 Å². The molecular weight excluding hydrogens is 252 g/mol. The number of carbonyl (C=O) groups is 1. The highest BCUT2D eigenvalue weighted by atomic mass is 16.5. The molecular formula is C16H14N2O2. The zero-order valence-electron chi connectivity index (χ0n) is 11.1. The fourth-order valence-electron chi connectivity index (χ4n) is 2.28. The van der Waals surface area contributed by atoms with Crippen LogP contribution < -0.4 is 0 Å². The second-order valence-electron chi connectivity index (χ2n) is 4.82. The third kappa shape index (κ3) is 2.16. The van der Waals surface area contributed by atoms with Crippen LogP contribution in [0, 0.1) is 0 Å². The van der Waals surface area contributed by atoms with Crippen LogP contribution in [0.5, 0.6) is 0 Å². The zero-order valence-corrected chi connectivity index (χ0v) is 11.1. The number of fused-ring (bicyclic) bond motifs is 1. The van der Waals surface area contributed by atoms with Crippen molar-refractivity contribution in [2.24, 2.45) is 0 Å². The van der Waals surface area contributed by atoms with Gasteiger partial charge in [0.2, 0.25) is 0 Å². The highest BCUT2D eigenvalue weighted by Crippen LogP contribution is 2.24. The van der Waals surface area contributed by atoms with Crippen LogP contribution in [-0.2, 0) is 11.2 Å². The molecule has 0 radical (unpaired) electrons. The van der Waals surface area contributed by atoms with Gasteiger partial charge >= 0.3 is 0 Å². The first-order chi connectivity index (χ1) is 9.65. The molecule has 0 amide bonds. The second-order valence-corrected chi connectivity index (χ2v) is 4.82. The summed E-state index contributed by atoms with van der Waals surface area (Å²) in [5, 5.41) is 10.3. The smallest absolute Gasteiger partial charge is 0.176 e. The number of Topliss-reactive ketones (excluding diaryl/α,β-unsaturated/α-hetero) is 1. The summed E-state index contributed by atoms with van der Waals surface area (Å²) in [6.07, 6.45) is 0.363. The highest BCUT2D eigenvalue weighted by molar-refractivity contribution is 5.83. The average Bonchev–Trinajstić information content (AvgIpc) is 2.76. The number of rotatable bonds is 3. The van der Waals surface area contributed by atoms with Gasteiger partial charge in [-0.05, 0) is 24.6 Å².